The molecule has 4 heteroatoms. The van der Waals surface area contributed by atoms with Crippen molar-refractivity contribution in [2.45, 2.75) is 24.4 Å². The molecule has 0 aliphatic rings. The Morgan fingerprint density at radius 2 is 1.30 bits per heavy atom. The molecule has 4 aromatic rings. The molecule has 0 fully saturated rings. The third kappa shape index (κ3) is 3.52. The molecule has 3 aromatic carbocycles. The maximum atomic E-state index is 9.13. The lowest BCUT2D eigenvalue weighted by atomic mass is 9.76. The summed E-state index contributed by atoms with van der Waals surface area (Å²) in [4.78, 5) is 4.51. The lowest BCUT2D eigenvalue weighted by Crippen LogP contribution is -2.38. The molecule has 2 N–H and O–H groups in total. The quantitative estimate of drug-likeness (QED) is 0.471. The Morgan fingerprint density at radius 1 is 0.833 bits per heavy atom. The van der Waals surface area contributed by atoms with Gasteiger partial charge in [0.1, 0.15) is 5.54 Å². The van der Waals surface area contributed by atoms with Crippen LogP contribution in [0.2, 0.25) is 0 Å². The van der Waals surface area contributed by atoms with Gasteiger partial charge in [-0.25, -0.2) is 4.98 Å². The second-order valence-electron chi connectivity index (χ2n) is 7.34. The largest absolute Gasteiger partial charge is 0.316 e. The number of aryl methyl sites for hydroxylation is 1. The third-order valence-electron chi connectivity index (χ3n) is 5.53. The molecule has 0 saturated carbocycles. The van der Waals surface area contributed by atoms with Gasteiger partial charge in [0.25, 0.3) is 0 Å². The summed E-state index contributed by atoms with van der Waals surface area (Å²) in [5.41, 5.74) is 9.77. The molecule has 0 radical (unpaired) electrons. The van der Waals surface area contributed by atoms with Gasteiger partial charge in [0.2, 0.25) is 0 Å². The van der Waals surface area contributed by atoms with Crippen LogP contribution in [-0.4, -0.2) is 15.6 Å². The molecule has 0 amide bonds. The molecule has 0 saturated heterocycles. The van der Waals surface area contributed by atoms with E-state index in [9.17, 15) is 0 Å². The molecule has 1 unspecified atom stereocenters. The molecule has 4 nitrogen and oxygen atoms in total. The van der Waals surface area contributed by atoms with Crippen LogP contribution in [0.15, 0.2) is 104 Å². The number of rotatable bonds is 7. The van der Waals surface area contributed by atoms with Crippen LogP contribution in [0.3, 0.4) is 0 Å². The Balaban J connectivity index is 2.00. The van der Waals surface area contributed by atoms with Crippen molar-refractivity contribution >= 4 is 0 Å². The van der Waals surface area contributed by atoms with Gasteiger partial charge in [0.05, 0.1) is 18.4 Å². The first kappa shape index (κ1) is 19.6. The van der Waals surface area contributed by atoms with Crippen LogP contribution < -0.4 is 5.73 Å². The van der Waals surface area contributed by atoms with Crippen molar-refractivity contribution in [2.75, 3.05) is 0 Å². The van der Waals surface area contributed by atoms with E-state index < -0.39 is 11.6 Å². The summed E-state index contributed by atoms with van der Waals surface area (Å²) in [6, 6.07) is 33.1. The zero-order valence-corrected chi connectivity index (χ0v) is 16.7. The molecule has 1 aromatic heterocycles. The smallest absolute Gasteiger partial charge is 0.121 e. The third-order valence-corrected chi connectivity index (χ3v) is 5.53. The first-order chi connectivity index (χ1) is 14.8. The summed E-state index contributed by atoms with van der Waals surface area (Å²) in [6.07, 6.45) is 5.02. The zero-order chi connectivity index (χ0) is 20.8. The summed E-state index contributed by atoms with van der Waals surface area (Å²) >= 11 is 0. The van der Waals surface area contributed by atoms with Gasteiger partial charge >= 0.3 is 0 Å². The average Bonchev–Trinajstić information content (AvgIpc) is 3.29. The number of nitrogens with two attached hydrogens (primary N) is 1. The van der Waals surface area contributed by atoms with Crippen LogP contribution in [-0.2, 0) is 12.0 Å². The molecular formula is C26H24N4. The number of nitriles is 1. The molecule has 0 aliphatic carbocycles. The predicted molar refractivity (Wildman–Crippen MR) is 119 cm³/mol. The predicted octanol–water partition coefficient (Wildman–Crippen LogP) is 4.51. The number of hydrogen-bond donors (Lipinski definition) is 1. The lowest BCUT2D eigenvalue weighted by Gasteiger charge is -2.38. The van der Waals surface area contributed by atoms with Crippen molar-refractivity contribution in [1.82, 2.24) is 9.55 Å². The number of nitrogens with zero attached hydrogens (tertiary/aromatic N) is 3. The van der Waals surface area contributed by atoms with E-state index in [1.165, 1.54) is 0 Å². The fraction of sp³-hybridized carbons (Fsp3) is 0.154. The van der Waals surface area contributed by atoms with Crippen LogP contribution in [0.4, 0.5) is 0 Å². The standard InChI is InChI=1S/C26H24N4/c27-18-24(28)16-17-25-19-29-20-30(25)26(21-10-4-1-5-11-21,22-12-6-2-7-13-22)23-14-8-3-9-15-23/h1-15,19-20,24H,16-17,28H2. The van der Waals surface area contributed by atoms with Crippen molar-refractivity contribution in [3.8, 4) is 6.07 Å². The van der Waals surface area contributed by atoms with Crippen molar-refractivity contribution in [3.05, 3.63) is 126 Å². The second-order valence-corrected chi connectivity index (χ2v) is 7.34. The molecule has 0 bridgehead atoms. The van der Waals surface area contributed by atoms with E-state index in [-0.39, 0.29) is 0 Å². The van der Waals surface area contributed by atoms with Gasteiger partial charge in [-0.1, -0.05) is 91.0 Å². The van der Waals surface area contributed by atoms with Crippen molar-refractivity contribution in [1.29, 1.82) is 5.26 Å². The van der Waals surface area contributed by atoms with Crippen LogP contribution in [0.25, 0.3) is 0 Å². The molecular weight excluding hydrogens is 368 g/mol. The highest BCUT2D eigenvalue weighted by molar-refractivity contribution is 5.51. The van der Waals surface area contributed by atoms with Gasteiger partial charge in [-0.05, 0) is 29.5 Å². The fourth-order valence-corrected chi connectivity index (χ4v) is 4.13. The first-order valence-electron chi connectivity index (χ1n) is 10.1. The summed E-state index contributed by atoms with van der Waals surface area (Å²) in [5, 5.41) is 9.13. The normalized spacial score (nSPS) is 12.3. The lowest BCUT2D eigenvalue weighted by molar-refractivity contribution is 0.490. The van der Waals surface area contributed by atoms with E-state index in [2.05, 4.69) is 88.4 Å². The van der Waals surface area contributed by atoms with Gasteiger partial charge < -0.3 is 10.3 Å². The van der Waals surface area contributed by atoms with E-state index >= 15 is 0 Å². The van der Waals surface area contributed by atoms with Crippen LogP contribution in [0.5, 0.6) is 0 Å². The minimum atomic E-state index is -0.591. The van der Waals surface area contributed by atoms with Gasteiger partial charge in [0.15, 0.2) is 0 Å². The van der Waals surface area contributed by atoms with Crippen LogP contribution in [0, 0.1) is 11.3 Å². The molecule has 1 heterocycles. The zero-order valence-electron chi connectivity index (χ0n) is 16.7. The summed E-state index contributed by atoms with van der Waals surface area (Å²) in [6.45, 7) is 0. The summed E-state index contributed by atoms with van der Waals surface area (Å²) in [7, 11) is 0. The highest BCUT2D eigenvalue weighted by Gasteiger charge is 2.39. The Labute approximate surface area is 177 Å². The highest BCUT2D eigenvalue weighted by atomic mass is 15.1. The topological polar surface area (TPSA) is 67.6 Å². The molecule has 4 rings (SSSR count). The van der Waals surface area contributed by atoms with Crippen molar-refractivity contribution < 1.29 is 0 Å². The monoisotopic (exact) mass is 392 g/mol. The van der Waals surface area contributed by atoms with E-state index in [0.717, 1.165) is 22.4 Å². The maximum absolute atomic E-state index is 9.13. The van der Waals surface area contributed by atoms with E-state index in [0.29, 0.717) is 12.8 Å². The minimum Gasteiger partial charge on any atom is -0.316 e. The van der Waals surface area contributed by atoms with Gasteiger partial charge in [-0.15, -0.1) is 0 Å². The molecule has 0 aliphatic heterocycles. The number of aromatic nitrogens is 2. The summed E-state index contributed by atoms with van der Waals surface area (Å²) < 4.78 is 2.23. The van der Waals surface area contributed by atoms with Gasteiger partial charge in [-0.2, -0.15) is 5.26 Å². The Kier molecular flexibility index (Phi) is 5.74. The minimum absolute atomic E-state index is 0.493. The highest BCUT2D eigenvalue weighted by Crippen LogP contribution is 2.41. The Bertz CT molecular complexity index is 1020. The second kappa shape index (κ2) is 8.77. The van der Waals surface area contributed by atoms with E-state index in [1.807, 2.05) is 30.7 Å². The van der Waals surface area contributed by atoms with Crippen molar-refractivity contribution in [2.24, 2.45) is 5.73 Å². The molecule has 148 valence electrons. The average molecular weight is 393 g/mol. The number of hydrogen-bond acceptors (Lipinski definition) is 3. The van der Waals surface area contributed by atoms with Crippen molar-refractivity contribution in [3.63, 3.8) is 0 Å². The van der Waals surface area contributed by atoms with Crippen LogP contribution >= 0.6 is 0 Å². The number of imidazole rings is 1. The molecule has 0 spiro atoms. The van der Waals surface area contributed by atoms with Gasteiger partial charge in [0, 0.05) is 11.9 Å². The van der Waals surface area contributed by atoms with E-state index in [1.54, 1.807) is 0 Å². The molecule has 30 heavy (non-hydrogen) atoms. The number of benzene rings is 3. The molecule has 1 atom stereocenters. The Hall–Kier alpha value is -3.68. The van der Waals surface area contributed by atoms with E-state index in [4.69, 9.17) is 11.0 Å². The fourth-order valence-electron chi connectivity index (χ4n) is 4.13. The first-order valence-corrected chi connectivity index (χ1v) is 10.1. The summed E-state index contributed by atoms with van der Waals surface area (Å²) in [5.74, 6) is 0. The van der Waals surface area contributed by atoms with Gasteiger partial charge in [-0.3, -0.25) is 0 Å². The Morgan fingerprint density at radius 3 is 1.73 bits per heavy atom. The van der Waals surface area contributed by atoms with Crippen LogP contribution in [0.1, 0.15) is 28.8 Å². The maximum Gasteiger partial charge on any atom is 0.121 e. The SMILES string of the molecule is N#CC(N)CCc1cncn1C(c1ccccc1)(c1ccccc1)c1ccccc1.